The molecule has 3 rings (SSSR count). The first-order valence-corrected chi connectivity index (χ1v) is 8.73. The number of alkyl carbamates (subject to hydrolysis) is 1. The normalized spacial score (nSPS) is 21.6. The number of nitrogens with zero attached hydrogens (tertiary/aromatic N) is 2. The summed E-state index contributed by atoms with van der Waals surface area (Å²) in [5.41, 5.74) is 1.64. The van der Waals surface area contributed by atoms with Crippen LogP contribution in [0.3, 0.4) is 0 Å². The molecular formula is C17H22BrN3O2. The molecule has 1 fully saturated rings. The quantitative estimate of drug-likeness (QED) is 0.839. The first-order valence-electron chi connectivity index (χ1n) is 7.94. The molecule has 1 amide bonds. The number of nitrogens with one attached hydrogen (secondary N) is 1. The second-order valence-corrected chi connectivity index (χ2v) is 7.92. The Balaban J connectivity index is 1.69. The van der Waals surface area contributed by atoms with Gasteiger partial charge in [0.25, 0.3) is 0 Å². The van der Waals surface area contributed by atoms with Crippen molar-refractivity contribution in [2.45, 2.75) is 57.7 Å². The molecule has 1 aromatic carbocycles. The van der Waals surface area contributed by atoms with Crippen molar-refractivity contribution in [1.29, 1.82) is 0 Å². The Morgan fingerprint density at radius 1 is 1.39 bits per heavy atom. The first-order chi connectivity index (χ1) is 10.8. The number of benzene rings is 1. The fourth-order valence-corrected chi connectivity index (χ4v) is 3.70. The van der Waals surface area contributed by atoms with Gasteiger partial charge in [-0.3, -0.25) is 0 Å². The lowest BCUT2D eigenvalue weighted by molar-refractivity contribution is 0.0505. The fourth-order valence-electron chi connectivity index (χ4n) is 3.14. The fraction of sp³-hybridized carbons (Fsp3) is 0.529. The van der Waals surface area contributed by atoms with Gasteiger partial charge < -0.3 is 14.6 Å². The Bertz CT molecular complexity index is 720. The van der Waals surface area contributed by atoms with Gasteiger partial charge >= 0.3 is 6.09 Å². The van der Waals surface area contributed by atoms with Gasteiger partial charge in [0, 0.05) is 16.6 Å². The van der Waals surface area contributed by atoms with E-state index in [1.54, 1.807) is 0 Å². The van der Waals surface area contributed by atoms with E-state index in [0.717, 1.165) is 34.8 Å². The van der Waals surface area contributed by atoms with E-state index >= 15 is 0 Å². The number of rotatable bonds is 2. The molecule has 2 atom stereocenters. The maximum atomic E-state index is 11.9. The number of amides is 1. The highest BCUT2D eigenvalue weighted by molar-refractivity contribution is 9.10. The topological polar surface area (TPSA) is 56.1 Å². The number of aromatic nitrogens is 2. The van der Waals surface area contributed by atoms with Gasteiger partial charge in [0.1, 0.15) is 5.60 Å². The van der Waals surface area contributed by atoms with Gasteiger partial charge in [0.2, 0.25) is 0 Å². The summed E-state index contributed by atoms with van der Waals surface area (Å²) in [5, 5.41) is 2.98. The second-order valence-electron chi connectivity index (χ2n) is 7.07. The molecule has 2 aromatic rings. The Kier molecular flexibility index (Phi) is 4.36. The molecule has 1 N–H and O–H groups in total. The Labute approximate surface area is 144 Å². The molecule has 1 aliphatic rings. The average Bonchev–Trinajstić information content (AvgIpc) is 3.03. The molecule has 0 unspecified atom stereocenters. The van der Waals surface area contributed by atoms with Gasteiger partial charge in [-0.05, 0) is 68.1 Å². The number of ether oxygens (including phenoxy) is 1. The molecule has 6 heteroatoms. The molecule has 5 nitrogen and oxygen atoms in total. The van der Waals surface area contributed by atoms with Crippen molar-refractivity contribution >= 4 is 33.1 Å². The van der Waals surface area contributed by atoms with Gasteiger partial charge in [0.15, 0.2) is 0 Å². The van der Waals surface area contributed by atoms with E-state index in [1.807, 2.05) is 45.3 Å². The van der Waals surface area contributed by atoms with Crippen LogP contribution in [0.2, 0.25) is 0 Å². The summed E-state index contributed by atoms with van der Waals surface area (Å²) in [5.74, 6) is 0. The predicted octanol–water partition coefficient (Wildman–Crippen LogP) is 4.42. The molecule has 1 saturated carbocycles. The maximum absolute atomic E-state index is 11.9. The highest BCUT2D eigenvalue weighted by Crippen LogP contribution is 2.34. The molecule has 0 spiro atoms. The zero-order chi connectivity index (χ0) is 16.6. The van der Waals surface area contributed by atoms with Crippen LogP contribution in [0.25, 0.3) is 11.0 Å². The van der Waals surface area contributed by atoms with Crippen LogP contribution in [0.4, 0.5) is 4.79 Å². The van der Waals surface area contributed by atoms with Crippen molar-refractivity contribution in [1.82, 2.24) is 14.9 Å². The summed E-state index contributed by atoms with van der Waals surface area (Å²) in [7, 11) is 0. The summed E-state index contributed by atoms with van der Waals surface area (Å²) in [4.78, 5) is 16.4. The minimum absolute atomic E-state index is 0.148. The van der Waals surface area contributed by atoms with Gasteiger partial charge in [-0.2, -0.15) is 0 Å². The lowest BCUT2D eigenvalue weighted by atomic mass is 10.2. The van der Waals surface area contributed by atoms with Crippen LogP contribution < -0.4 is 5.32 Å². The van der Waals surface area contributed by atoms with Gasteiger partial charge in [0.05, 0.1) is 17.4 Å². The average molecular weight is 380 g/mol. The van der Waals surface area contributed by atoms with Crippen molar-refractivity contribution in [3.8, 4) is 0 Å². The SMILES string of the molecule is CC(C)(C)OC(=O)N[C@H]1CC[C@H](n2cnc3cccc(Br)c32)C1. The number of hydrogen-bond donors (Lipinski definition) is 1. The molecule has 1 aromatic heterocycles. The van der Waals surface area contributed by atoms with Crippen LogP contribution in [-0.2, 0) is 4.74 Å². The Hall–Kier alpha value is -1.56. The third kappa shape index (κ3) is 3.68. The molecule has 1 aliphatic carbocycles. The van der Waals surface area contributed by atoms with Crippen molar-refractivity contribution in [3.63, 3.8) is 0 Å². The van der Waals surface area contributed by atoms with E-state index in [-0.39, 0.29) is 12.1 Å². The number of imidazole rings is 1. The van der Waals surface area contributed by atoms with Crippen molar-refractivity contribution in [3.05, 3.63) is 29.0 Å². The van der Waals surface area contributed by atoms with Crippen LogP contribution in [0.15, 0.2) is 29.0 Å². The Morgan fingerprint density at radius 3 is 2.91 bits per heavy atom. The van der Waals surface area contributed by atoms with E-state index in [2.05, 4.69) is 30.8 Å². The Morgan fingerprint density at radius 2 is 2.17 bits per heavy atom. The van der Waals surface area contributed by atoms with E-state index in [1.165, 1.54) is 0 Å². The number of para-hydroxylation sites is 1. The highest BCUT2D eigenvalue weighted by Gasteiger charge is 2.29. The third-order valence-electron chi connectivity index (χ3n) is 4.06. The summed E-state index contributed by atoms with van der Waals surface area (Å²) in [6, 6.07) is 6.53. The summed E-state index contributed by atoms with van der Waals surface area (Å²) in [6.45, 7) is 5.62. The largest absolute Gasteiger partial charge is 0.444 e. The summed E-state index contributed by atoms with van der Waals surface area (Å²) >= 11 is 3.61. The van der Waals surface area contributed by atoms with Crippen molar-refractivity contribution < 1.29 is 9.53 Å². The zero-order valence-corrected chi connectivity index (χ0v) is 15.3. The molecule has 124 valence electrons. The van der Waals surface area contributed by atoms with Crippen LogP contribution in [0, 0.1) is 0 Å². The third-order valence-corrected chi connectivity index (χ3v) is 4.70. The predicted molar refractivity (Wildman–Crippen MR) is 93.5 cm³/mol. The van der Waals surface area contributed by atoms with Crippen molar-refractivity contribution in [2.75, 3.05) is 0 Å². The van der Waals surface area contributed by atoms with Crippen molar-refractivity contribution in [2.24, 2.45) is 0 Å². The van der Waals surface area contributed by atoms with Crippen LogP contribution in [0.5, 0.6) is 0 Å². The molecule has 1 heterocycles. The number of carbonyl (C=O) groups excluding carboxylic acids is 1. The number of halogens is 1. The summed E-state index contributed by atoms with van der Waals surface area (Å²) in [6.07, 6.45) is 4.43. The first kappa shape index (κ1) is 16.3. The maximum Gasteiger partial charge on any atom is 0.407 e. The lowest BCUT2D eigenvalue weighted by Crippen LogP contribution is -2.38. The van der Waals surface area contributed by atoms with Crippen LogP contribution >= 0.6 is 15.9 Å². The number of hydrogen-bond acceptors (Lipinski definition) is 3. The molecule has 0 aliphatic heterocycles. The van der Waals surface area contributed by atoms with E-state index in [0.29, 0.717) is 6.04 Å². The smallest absolute Gasteiger partial charge is 0.407 e. The van der Waals surface area contributed by atoms with Crippen LogP contribution in [-0.4, -0.2) is 27.3 Å². The van der Waals surface area contributed by atoms with Gasteiger partial charge in [-0.25, -0.2) is 9.78 Å². The number of carbonyl (C=O) groups is 1. The van der Waals surface area contributed by atoms with E-state index in [4.69, 9.17) is 4.74 Å². The molecular weight excluding hydrogens is 358 g/mol. The highest BCUT2D eigenvalue weighted by atomic mass is 79.9. The molecule has 0 radical (unpaired) electrons. The second kappa shape index (κ2) is 6.15. The van der Waals surface area contributed by atoms with Gasteiger partial charge in [-0.1, -0.05) is 6.07 Å². The van der Waals surface area contributed by atoms with Gasteiger partial charge in [-0.15, -0.1) is 0 Å². The minimum atomic E-state index is -0.465. The molecule has 0 saturated heterocycles. The monoisotopic (exact) mass is 379 g/mol. The summed E-state index contributed by atoms with van der Waals surface area (Å²) < 4.78 is 8.61. The minimum Gasteiger partial charge on any atom is -0.444 e. The van der Waals surface area contributed by atoms with Crippen LogP contribution in [0.1, 0.15) is 46.1 Å². The van der Waals surface area contributed by atoms with E-state index in [9.17, 15) is 4.79 Å². The van der Waals surface area contributed by atoms with E-state index < -0.39 is 5.60 Å². The zero-order valence-electron chi connectivity index (χ0n) is 13.7. The molecule has 0 bridgehead atoms. The lowest BCUT2D eigenvalue weighted by Gasteiger charge is -2.22. The number of fused-ring (bicyclic) bond motifs is 1. The molecule has 23 heavy (non-hydrogen) atoms. The standard InChI is InChI=1S/C17H22BrN3O2/c1-17(2,3)23-16(22)20-11-7-8-12(9-11)21-10-19-14-6-4-5-13(18)15(14)21/h4-6,10-12H,7-9H2,1-3H3,(H,20,22)/t11-,12-/m0/s1.